The molecule has 2 aliphatic carbocycles. The van der Waals surface area contributed by atoms with Crippen LogP contribution in [0, 0.1) is 5.41 Å². The number of methoxy groups -OCH3 is 1. The van der Waals surface area contributed by atoms with E-state index in [4.69, 9.17) is 4.74 Å². The fourth-order valence-electron chi connectivity index (χ4n) is 3.41. The van der Waals surface area contributed by atoms with Crippen LogP contribution in [0.4, 0.5) is 10.1 Å². The van der Waals surface area contributed by atoms with Crippen molar-refractivity contribution in [2.45, 2.75) is 51.9 Å². The summed E-state index contributed by atoms with van der Waals surface area (Å²) in [5.41, 5.74) is 3.47. The van der Waals surface area contributed by atoms with Crippen LogP contribution in [0.1, 0.15) is 64.7 Å². The average molecular weight is 363 g/mol. The van der Waals surface area contributed by atoms with E-state index in [1.165, 1.54) is 54.7 Å². The van der Waals surface area contributed by atoms with Crippen LogP contribution in [0.25, 0.3) is 0 Å². The summed E-state index contributed by atoms with van der Waals surface area (Å²) < 4.78 is 4.76. The Morgan fingerprint density at radius 2 is 2.12 bits per heavy atom. The molecule has 2 aromatic rings. The molecule has 24 heavy (non-hydrogen) atoms. The molecule has 6 heteroatoms. The van der Waals surface area contributed by atoms with E-state index in [9.17, 15) is 4.79 Å². The molecule has 4 nitrogen and oxygen atoms in total. The van der Waals surface area contributed by atoms with Crippen molar-refractivity contribution in [3.63, 3.8) is 0 Å². The number of hydrogen-bond acceptors (Lipinski definition) is 6. The molecule has 2 aromatic heterocycles. The number of anilines is 2. The largest absolute Gasteiger partial charge is 0.465 e. The number of aromatic nitrogens is 1. The number of thiophene rings is 1. The molecule has 0 radical (unpaired) electrons. The second-order valence-electron chi connectivity index (χ2n) is 7.51. The molecule has 4 rings (SSSR count). The molecule has 0 aromatic carbocycles. The lowest BCUT2D eigenvalue weighted by molar-refractivity contribution is 0.0606. The molecule has 1 N–H and O–H groups in total. The van der Waals surface area contributed by atoms with Crippen molar-refractivity contribution in [3.8, 4) is 0 Å². The van der Waals surface area contributed by atoms with Gasteiger partial charge in [0.05, 0.1) is 18.3 Å². The molecule has 128 valence electrons. The number of nitrogens with one attached hydrogen (secondary N) is 1. The molecule has 0 unspecified atom stereocenters. The van der Waals surface area contributed by atoms with Crippen LogP contribution in [0.15, 0.2) is 6.20 Å². The maximum absolute atomic E-state index is 11.6. The highest BCUT2D eigenvalue weighted by atomic mass is 32.1. The van der Waals surface area contributed by atoms with E-state index in [1.807, 2.05) is 11.3 Å². The van der Waals surface area contributed by atoms with Crippen molar-refractivity contribution in [3.05, 3.63) is 27.1 Å². The highest BCUT2D eigenvalue weighted by molar-refractivity contribution is 7.19. The van der Waals surface area contributed by atoms with E-state index >= 15 is 0 Å². The molecule has 0 aliphatic heterocycles. The highest BCUT2D eigenvalue weighted by Crippen LogP contribution is 2.53. The SMILES string of the molecule is COC(=O)c1cnc(Nc2sc(C3CC3)c3c2CCC(C)(C)C3)s1. The Bertz CT molecular complexity index is 787. The Balaban J connectivity index is 1.64. The zero-order chi connectivity index (χ0) is 16.9. The maximum atomic E-state index is 11.6. The second-order valence-corrected chi connectivity index (χ2v) is 9.60. The van der Waals surface area contributed by atoms with Gasteiger partial charge in [-0.05, 0) is 54.6 Å². The van der Waals surface area contributed by atoms with Crippen LogP contribution < -0.4 is 5.32 Å². The first-order valence-electron chi connectivity index (χ1n) is 8.42. The number of carbonyl (C=O) groups is 1. The minimum atomic E-state index is -0.325. The van der Waals surface area contributed by atoms with E-state index in [0.29, 0.717) is 10.3 Å². The van der Waals surface area contributed by atoms with E-state index in [-0.39, 0.29) is 5.97 Å². The first-order valence-corrected chi connectivity index (χ1v) is 10.1. The Morgan fingerprint density at radius 3 is 2.83 bits per heavy atom. The van der Waals surface area contributed by atoms with Gasteiger partial charge in [-0.2, -0.15) is 0 Å². The van der Waals surface area contributed by atoms with Crippen molar-refractivity contribution >= 4 is 38.8 Å². The first kappa shape index (κ1) is 16.1. The van der Waals surface area contributed by atoms with Crippen molar-refractivity contribution < 1.29 is 9.53 Å². The number of thiazole rings is 1. The van der Waals surface area contributed by atoms with Gasteiger partial charge in [-0.15, -0.1) is 11.3 Å². The summed E-state index contributed by atoms with van der Waals surface area (Å²) >= 11 is 3.26. The monoisotopic (exact) mass is 362 g/mol. The van der Waals surface area contributed by atoms with Crippen LogP contribution >= 0.6 is 22.7 Å². The summed E-state index contributed by atoms with van der Waals surface area (Å²) in [5, 5.41) is 5.48. The normalized spacial score (nSPS) is 19.0. The predicted octanol–water partition coefficient (Wildman–Crippen LogP) is 5.13. The van der Waals surface area contributed by atoms with Crippen LogP contribution in [-0.4, -0.2) is 18.1 Å². The number of nitrogens with zero attached hydrogens (tertiary/aromatic N) is 1. The van der Waals surface area contributed by atoms with Crippen molar-refractivity contribution in [2.75, 3.05) is 12.4 Å². The molecule has 0 amide bonds. The molecular formula is C18H22N2O2S2. The van der Waals surface area contributed by atoms with E-state index < -0.39 is 0 Å². The van der Waals surface area contributed by atoms with Gasteiger partial charge < -0.3 is 10.1 Å². The lowest BCUT2D eigenvalue weighted by atomic mass is 9.74. The molecule has 2 heterocycles. The van der Waals surface area contributed by atoms with Crippen molar-refractivity contribution in [1.29, 1.82) is 0 Å². The fraction of sp³-hybridized carbons (Fsp3) is 0.556. The van der Waals surface area contributed by atoms with Crippen LogP contribution in [0.5, 0.6) is 0 Å². The van der Waals surface area contributed by atoms with Gasteiger partial charge in [-0.1, -0.05) is 25.2 Å². The van der Waals surface area contributed by atoms with Crippen LogP contribution in [0.3, 0.4) is 0 Å². The third-order valence-electron chi connectivity index (χ3n) is 4.92. The quantitative estimate of drug-likeness (QED) is 0.766. The van der Waals surface area contributed by atoms with E-state index in [1.54, 1.807) is 16.6 Å². The minimum Gasteiger partial charge on any atom is -0.465 e. The average Bonchev–Trinajstić information content (AvgIpc) is 3.19. The van der Waals surface area contributed by atoms with Crippen molar-refractivity contribution in [1.82, 2.24) is 4.98 Å². The topological polar surface area (TPSA) is 51.2 Å². The summed E-state index contributed by atoms with van der Waals surface area (Å²) in [7, 11) is 1.40. The summed E-state index contributed by atoms with van der Waals surface area (Å²) in [6.07, 6.45) is 7.78. The van der Waals surface area contributed by atoms with Crippen LogP contribution in [-0.2, 0) is 17.6 Å². The fourth-order valence-corrected chi connectivity index (χ4v) is 5.65. The van der Waals surface area contributed by atoms with Crippen molar-refractivity contribution in [2.24, 2.45) is 5.41 Å². The molecule has 0 saturated heterocycles. The van der Waals surface area contributed by atoms with Gasteiger partial charge in [-0.25, -0.2) is 9.78 Å². The smallest absolute Gasteiger partial charge is 0.349 e. The van der Waals surface area contributed by atoms with Gasteiger partial charge in [-0.3, -0.25) is 0 Å². The standard InChI is InChI=1S/C18H22N2O2S2/c1-18(2)7-6-11-12(8-18)14(10-4-5-10)24-15(11)20-17-19-9-13(23-17)16(21)22-3/h9-10H,4-8H2,1-3H3,(H,19,20). The van der Waals surface area contributed by atoms with Gasteiger partial charge in [0, 0.05) is 4.88 Å². The molecule has 0 spiro atoms. The summed E-state index contributed by atoms with van der Waals surface area (Å²) in [6.45, 7) is 4.75. The molecule has 1 fully saturated rings. The highest BCUT2D eigenvalue weighted by Gasteiger charge is 2.36. The van der Waals surface area contributed by atoms with Gasteiger partial charge in [0.25, 0.3) is 0 Å². The van der Waals surface area contributed by atoms with Gasteiger partial charge in [0.15, 0.2) is 5.13 Å². The van der Waals surface area contributed by atoms with Gasteiger partial charge in [0.2, 0.25) is 0 Å². The number of ether oxygens (including phenoxy) is 1. The summed E-state index contributed by atoms with van der Waals surface area (Å²) in [5.74, 6) is 0.448. The number of hydrogen-bond donors (Lipinski definition) is 1. The molecule has 0 bridgehead atoms. The summed E-state index contributed by atoms with van der Waals surface area (Å²) in [6, 6.07) is 0. The molecule has 1 saturated carbocycles. The third-order valence-corrected chi connectivity index (χ3v) is 7.16. The van der Waals surface area contributed by atoms with E-state index in [2.05, 4.69) is 24.1 Å². The maximum Gasteiger partial charge on any atom is 0.349 e. The number of esters is 1. The Labute approximate surface area is 150 Å². The van der Waals surface area contributed by atoms with Crippen LogP contribution in [0.2, 0.25) is 0 Å². The molecular weight excluding hydrogens is 340 g/mol. The molecule has 0 atom stereocenters. The van der Waals surface area contributed by atoms with Gasteiger partial charge in [0.1, 0.15) is 4.88 Å². The number of carbonyl (C=O) groups excluding carboxylic acids is 1. The first-order chi connectivity index (χ1) is 11.5. The zero-order valence-corrected chi connectivity index (χ0v) is 15.9. The lowest BCUT2D eigenvalue weighted by Crippen LogP contribution is -2.22. The zero-order valence-electron chi connectivity index (χ0n) is 14.3. The Kier molecular flexibility index (Phi) is 3.92. The minimum absolute atomic E-state index is 0.325. The lowest BCUT2D eigenvalue weighted by Gasteiger charge is -2.30. The van der Waals surface area contributed by atoms with Gasteiger partial charge >= 0.3 is 5.97 Å². The third kappa shape index (κ3) is 2.97. The molecule has 2 aliphatic rings. The number of rotatable bonds is 4. The Hall–Kier alpha value is -1.40. The summed E-state index contributed by atoms with van der Waals surface area (Å²) in [4.78, 5) is 18.1. The van der Waals surface area contributed by atoms with E-state index in [0.717, 1.165) is 17.5 Å². The predicted molar refractivity (Wildman–Crippen MR) is 98.8 cm³/mol. The number of fused-ring (bicyclic) bond motifs is 1. The second kappa shape index (κ2) is 5.85. The Morgan fingerprint density at radius 1 is 1.33 bits per heavy atom.